The first-order valence-corrected chi connectivity index (χ1v) is 10.4. The Balaban J connectivity index is 1.45. The molecule has 0 saturated carbocycles. The summed E-state index contributed by atoms with van der Waals surface area (Å²) in [7, 11) is 0. The number of hydrogen-bond donors (Lipinski definition) is 0. The van der Waals surface area contributed by atoms with Crippen molar-refractivity contribution in [3.05, 3.63) is 61.9 Å². The SMILES string of the molecule is CCc1ccc2oc(=O)cc(CN3CCN(Cc4csc(C)n4)CC3)c2c1. The van der Waals surface area contributed by atoms with E-state index in [0.29, 0.717) is 5.58 Å². The van der Waals surface area contributed by atoms with E-state index in [1.54, 1.807) is 17.4 Å². The average Bonchev–Trinajstić information content (AvgIpc) is 3.07. The number of rotatable bonds is 5. The molecule has 1 aliphatic heterocycles. The maximum absolute atomic E-state index is 12.0. The summed E-state index contributed by atoms with van der Waals surface area (Å²) in [6.07, 6.45) is 0.975. The molecule has 0 radical (unpaired) electrons. The Kier molecular flexibility index (Phi) is 5.38. The minimum Gasteiger partial charge on any atom is -0.423 e. The molecule has 1 fully saturated rings. The van der Waals surface area contributed by atoms with Gasteiger partial charge in [-0.15, -0.1) is 11.3 Å². The van der Waals surface area contributed by atoms with Crippen molar-refractivity contribution in [3.8, 4) is 0 Å². The lowest BCUT2D eigenvalue weighted by Crippen LogP contribution is -2.45. The van der Waals surface area contributed by atoms with E-state index in [9.17, 15) is 4.79 Å². The molecular weight excluding hydrogens is 358 g/mol. The fourth-order valence-electron chi connectivity index (χ4n) is 3.68. The zero-order valence-corrected chi connectivity index (χ0v) is 16.7. The maximum Gasteiger partial charge on any atom is 0.336 e. The van der Waals surface area contributed by atoms with Gasteiger partial charge in [-0.05, 0) is 36.6 Å². The van der Waals surface area contributed by atoms with Crippen LogP contribution < -0.4 is 5.63 Å². The molecular formula is C21H25N3O2S. The first-order chi connectivity index (χ1) is 13.1. The molecule has 0 amide bonds. The van der Waals surface area contributed by atoms with Crippen LogP contribution in [0.2, 0.25) is 0 Å². The highest BCUT2D eigenvalue weighted by Gasteiger charge is 2.19. The van der Waals surface area contributed by atoms with Crippen LogP contribution in [0, 0.1) is 6.92 Å². The molecule has 4 rings (SSSR count). The molecule has 5 nitrogen and oxygen atoms in total. The molecule has 1 aliphatic rings. The normalized spacial score (nSPS) is 16.2. The second-order valence-electron chi connectivity index (χ2n) is 7.18. The molecule has 1 saturated heterocycles. The average molecular weight is 384 g/mol. The van der Waals surface area contributed by atoms with Gasteiger partial charge >= 0.3 is 5.63 Å². The van der Waals surface area contributed by atoms with Gasteiger partial charge in [0.25, 0.3) is 0 Å². The third-order valence-electron chi connectivity index (χ3n) is 5.21. The Bertz CT molecular complexity index is 987. The molecule has 0 N–H and O–H groups in total. The summed E-state index contributed by atoms with van der Waals surface area (Å²) in [6.45, 7) is 9.96. The summed E-state index contributed by atoms with van der Waals surface area (Å²) in [4.78, 5) is 21.4. The third-order valence-corrected chi connectivity index (χ3v) is 6.03. The van der Waals surface area contributed by atoms with Crippen LogP contribution in [0.3, 0.4) is 0 Å². The number of aryl methyl sites for hydroxylation is 2. The van der Waals surface area contributed by atoms with Gasteiger partial charge in [-0.2, -0.15) is 0 Å². The molecule has 0 atom stereocenters. The topological polar surface area (TPSA) is 49.6 Å². The molecule has 142 valence electrons. The third kappa shape index (κ3) is 4.29. The Morgan fingerprint density at radius 2 is 1.85 bits per heavy atom. The number of fused-ring (bicyclic) bond motifs is 1. The van der Waals surface area contributed by atoms with Gasteiger partial charge in [0.05, 0.1) is 10.7 Å². The van der Waals surface area contributed by atoms with Gasteiger partial charge in [0.2, 0.25) is 0 Å². The summed E-state index contributed by atoms with van der Waals surface area (Å²) >= 11 is 1.71. The molecule has 3 aromatic rings. The number of thiazole rings is 1. The standard InChI is InChI=1S/C21H25N3O2S/c1-3-16-4-5-20-19(10-16)17(11-21(25)26-20)12-23-6-8-24(9-7-23)13-18-14-27-15(2)22-18/h4-5,10-11,14H,3,6-9,12-13H2,1-2H3. The van der Waals surface area contributed by atoms with Crippen LogP contribution in [0.25, 0.3) is 11.0 Å². The van der Waals surface area contributed by atoms with Crippen LogP contribution in [0.5, 0.6) is 0 Å². The van der Waals surface area contributed by atoms with E-state index in [1.807, 2.05) is 12.1 Å². The van der Waals surface area contributed by atoms with E-state index in [4.69, 9.17) is 4.42 Å². The molecule has 0 aliphatic carbocycles. The zero-order valence-electron chi connectivity index (χ0n) is 15.9. The fourth-order valence-corrected chi connectivity index (χ4v) is 4.29. The number of piperazine rings is 1. The zero-order chi connectivity index (χ0) is 18.8. The van der Waals surface area contributed by atoms with Crippen LogP contribution in [0.15, 0.2) is 38.9 Å². The van der Waals surface area contributed by atoms with Crippen molar-refractivity contribution in [3.63, 3.8) is 0 Å². The molecule has 0 bridgehead atoms. The highest BCUT2D eigenvalue weighted by Crippen LogP contribution is 2.21. The predicted molar refractivity (Wildman–Crippen MR) is 109 cm³/mol. The second kappa shape index (κ2) is 7.92. The summed E-state index contributed by atoms with van der Waals surface area (Å²) in [6, 6.07) is 7.78. The molecule has 27 heavy (non-hydrogen) atoms. The van der Waals surface area contributed by atoms with Crippen molar-refractivity contribution >= 4 is 22.3 Å². The highest BCUT2D eigenvalue weighted by molar-refractivity contribution is 7.09. The van der Waals surface area contributed by atoms with Crippen molar-refractivity contribution in [2.45, 2.75) is 33.4 Å². The van der Waals surface area contributed by atoms with Crippen molar-refractivity contribution in [1.29, 1.82) is 0 Å². The molecule has 3 heterocycles. The van der Waals surface area contributed by atoms with Gasteiger partial charge in [0.1, 0.15) is 5.58 Å². The van der Waals surface area contributed by atoms with Crippen molar-refractivity contribution in [2.24, 2.45) is 0 Å². The number of hydrogen-bond acceptors (Lipinski definition) is 6. The van der Waals surface area contributed by atoms with Crippen molar-refractivity contribution in [1.82, 2.24) is 14.8 Å². The van der Waals surface area contributed by atoms with E-state index in [1.165, 1.54) is 11.3 Å². The van der Waals surface area contributed by atoms with Crippen LogP contribution in [0.4, 0.5) is 0 Å². The summed E-state index contributed by atoms with van der Waals surface area (Å²) in [5.41, 5.74) is 3.93. The number of nitrogens with zero attached hydrogens (tertiary/aromatic N) is 3. The first kappa shape index (κ1) is 18.3. The van der Waals surface area contributed by atoms with E-state index in [-0.39, 0.29) is 5.63 Å². The van der Waals surface area contributed by atoms with Gasteiger partial charge in [-0.3, -0.25) is 9.80 Å². The molecule has 6 heteroatoms. The summed E-state index contributed by atoms with van der Waals surface area (Å²) in [5, 5.41) is 4.35. The quantitative estimate of drug-likeness (QED) is 0.632. The Labute approximate surface area is 163 Å². The van der Waals surface area contributed by atoms with E-state index in [2.05, 4.69) is 40.1 Å². The first-order valence-electron chi connectivity index (χ1n) is 9.52. The van der Waals surface area contributed by atoms with Crippen LogP contribution in [-0.2, 0) is 19.5 Å². The Morgan fingerprint density at radius 1 is 1.11 bits per heavy atom. The van der Waals surface area contributed by atoms with Gasteiger partial charge in [0, 0.05) is 56.1 Å². The highest BCUT2D eigenvalue weighted by atomic mass is 32.1. The van der Waals surface area contributed by atoms with E-state index < -0.39 is 0 Å². The van der Waals surface area contributed by atoms with Crippen LogP contribution in [0.1, 0.15) is 28.8 Å². The van der Waals surface area contributed by atoms with Crippen LogP contribution >= 0.6 is 11.3 Å². The molecule has 0 spiro atoms. The van der Waals surface area contributed by atoms with Crippen molar-refractivity contribution < 1.29 is 4.42 Å². The van der Waals surface area contributed by atoms with Gasteiger partial charge in [0.15, 0.2) is 0 Å². The Hall–Kier alpha value is -2.02. The molecule has 2 aromatic heterocycles. The largest absolute Gasteiger partial charge is 0.423 e. The summed E-state index contributed by atoms with van der Waals surface area (Å²) in [5.74, 6) is 0. The monoisotopic (exact) mass is 383 g/mol. The fraction of sp³-hybridized carbons (Fsp3) is 0.429. The molecule has 1 aromatic carbocycles. The number of aromatic nitrogens is 1. The lowest BCUT2D eigenvalue weighted by molar-refractivity contribution is 0.121. The lowest BCUT2D eigenvalue weighted by Gasteiger charge is -2.34. The van der Waals surface area contributed by atoms with Gasteiger partial charge in [-0.25, -0.2) is 9.78 Å². The van der Waals surface area contributed by atoms with Crippen molar-refractivity contribution in [2.75, 3.05) is 26.2 Å². The summed E-state index contributed by atoms with van der Waals surface area (Å²) < 4.78 is 5.39. The van der Waals surface area contributed by atoms with Gasteiger partial charge < -0.3 is 4.42 Å². The minimum absolute atomic E-state index is 0.265. The van der Waals surface area contributed by atoms with Gasteiger partial charge in [-0.1, -0.05) is 13.0 Å². The maximum atomic E-state index is 12.0. The Morgan fingerprint density at radius 3 is 2.52 bits per heavy atom. The molecule has 0 unspecified atom stereocenters. The lowest BCUT2D eigenvalue weighted by atomic mass is 10.0. The smallest absolute Gasteiger partial charge is 0.336 e. The van der Waals surface area contributed by atoms with E-state index in [0.717, 1.165) is 61.6 Å². The predicted octanol–water partition coefficient (Wildman–Crippen LogP) is 3.44. The number of benzene rings is 1. The van der Waals surface area contributed by atoms with E-state index >= 15 is 0 Å². The van der Waals surface area contributed by atoms with Crippen LogP contribution in [-0.4, -0.2) is 41.0 Å². The minimum atomic E-state index is -0.265. The second-order valence-corrected chi connectivity index (χ2v) is 8.25.